The molecule has 0 saturated heterocycles. The van der Waals surface area contributed by atoms with Crippen LogP contribution in [0.15, 0.2) is 30.5 Å². The van der Waals surface area contributed by atoms with Gasteiger partial charge in [0, 0.05) is 18.3 Å². The lowest BCUT2D eigenvalue weighted by Crippen LogP contribution is -2.14. The van der Waals surface area contributed by atoms with Crippen molar-refractivity contribution in [3.05, 3.63) is 41.9 Å². The lowest BCUT2D eigenvalue weighted by atomic mass is 10.1. The Balaban J connectivity index is 2.02. The third kappa shape index (κ3) is 2.31. The molecule has 0 amide bonds. The largest absolute Gasteiger partial charge is 0.416 e. The molecular formula is C14H13F3N2O. The summed E-state index contributed by atoms with van der Waals surface area (Å²) in [4.78, 5) is 4.27. The van der Waals surface area contributed by atoms with Gasteiger partial charge in [-0.25, -0.2) is 4.98 Å². The van der Waals surface area contributed by atoms with Crippen LogP contribution >= 0.6 is 0 Å². The number of aliphatic hydroxyl groups is 1. The van der Waals surface area contributed by atoms with E-state index in [-0.39, 0.29) is 0 Å². The van der Waals surface area contributed by atoms with Gasteiger partial charge in [0.1, 0.15) is 11.9 Å². The van der Waals surface area contributed by atoms with Gasteiger partial charge in [-0.05, 0) is 25.0 Å². The van der Waals surface area contributed by atoms with E-state index in [1.54, 1.807) is 12.3 Å². The van der Waals surface area contributed by atoms with Crippen LogP contribution in [0.1, 0.15) is 30.3 Å². The first-order valence-corrected chi connectivity index (χ1v) is 6.38. The highest BCUT2D eigenvalue weighted by molar-refractivity contribution is 5.60. The first-order chi connectivity index (χ1) is 9.45. The molecule has 0 radical (unpaired) electrons. The van der Waals surface area contributed by atoms with Crippen molar-refractivity contribution in [3.8, 4) is 11.3 Å². The number of hydrogen-bond acceptors (Lipinski definition) is 2. The molecule has 1 aliphatic heterocycles. The zero-order valence-electron chi connectivity index (χ0n) is 10.6. The summed E-state index contributed by atoms with van der Waals surface area (Å²) in [5, 5.41) is 9.84. The molecule has 0 saturated carbocycles. The van der Waals surface area contributed by atoms with Gasteiger partial charge in [-0.3, -0.25) is 0 Å². The maximum atomic E-state index is 12.7. The summed E-state index contributed by atoms with van der Waals surface area (Å²) >= 11 is 0. The smallest absolute Gasteiger partial charge is 0.385 e. The second kappa shape index (κ2) is 4.63. The topological polar surface area (TPSA) is 38.0 Å². The van der Waals surface area contributed by atoms with Crippen LogP contribution in [0.4, 0.5) is 13.2 Å². The fraction of sp³-hybridized carbons (Fsp3) is 0.357. The van der Waals surface area contributed by atoms with Crippen LogP contribution in [-0.2, 0) is 12.7 Å². The summed E-state index contributed by atoms with van der Waals surface area (Å²) in [5.74, 6) is 0.531. The molecular weight excluding hydrogens is 269 g/mol. The molecule has 1 aromatic carbocycles. The van der Waals surface area contributed by atoms with Crippen molar-refractivity contribution in [1.29, 1.82) is 0 Å². The second-order valence-electron chi connectivity index (χ2n) is 4.91. The number of hydrogen-bond donors (Lipinski definition) is 1. The van der Waals surface area contributed by atoms with E-state index in [1.807, 2.05) is 4.57 Å². The molecule has 0 aliphatic carbocycles. The van der Waals surface area contributed by atoms with Crippen molar-refractivity contribution < 1.29 is 18.3 Å². The molecule has 1 N–H and O–H groups in total. The number of alkyl halides is 3. The Morgan fingerprint density at radius 3 is 2.80 bits per heavy atom. The van der Waals surface area contributed by atoms with Gasteiger partial charge in [0.25, 0.3) is 0 Å². The van der Waals surface area contributed by atoms with Crippen LogP contribution < -0.4 is 0 Å². The average molecular weight is 282 g/mol. The number of benzene rings is 1. The number of halogens is 3. The molecule has 0 fully saturated rings. The summed E-state index contributed by atoms with van der Waals surface area (Å²) in [6.45, 7) is 0.734. The minimum atomic E-state index is -4.37. The molecule has 1 aromatic heterocycles. The summed E-state index contributed by atoms with van der Waals surface area (Å²) in [6, 6.07) is 5.08. The molecule has 2 aromatic rings. The quantitative estimate of drug-likeness (QED) is 0.870. The Morgan fingerprint density at radius 1 is 1.30 bits per heavy atom. The molecule has 0 spiro atoms. The van der Waals surface area contributed by atoms with E-state index in [2.05, 4.69) is 4.98 Å². The summed E-state index contributed by atoms with van der Waals surface area (Å²) in [6.07, 6.45) is -1.82. The SMILES string of the molecule is OC1CCCn2cc(-c3cccc(C(F)(F)F)c3)nc21. The van der Waals surface area contributed by atoms with E-state index in [0.717, 1.165) is 25.1 Å². The van der Waals surface area contributed by atoms with Crippen molar-refractivity contribution >= 4 is 0 Å². The molecule has 0 bridgehead atoms. The van der Waals surface area contributed by atoms with Crippen LogP contribution in [0.25, 0.3) is 11.3 Å². The predicted molar refractivity (Wildman–Crippen MR) is 66.9 cm³/mol. The van der Waals surface area contributed by atoms with Crippen molar-refractivity contribution in [1.82, 2.24) is 9.55 Å². The average Bonchev–Trinajstić information content (AvgIpc) is 2.83. The van der Waals surface area contributed by atoms with E-state index in [0.29, 0.717) is 23.5 Å². The van der Waals surface area contributed by atoms with E-state index >= 15 is 0 Å². The molecule has 3 nitrogen and oxygen atoms in total. The molecule has 20 heavy (non-hydrogen) atoms. The zero-order valence-corrected chi connectivity index (χ0v) is 10.6. The summed E-state index contributed by atoms with van der Waals surface area (Å²) in [7, 11) is 0. The first kappa shape index (κ1) is 13.2. The number of fused-ring (bicyclic) bond motifs is 1. The van der Waals surface area contributed by atoms with E-state index in [9.17, 15) is 18.3 Å². The Bertz CT molecular complexity index is 634. The first-order valence-electron chi connectivity index (χ1n) is 6.38. The highest BCUT2D eigenvalue weighted by Crippen LogP contribution is 2.33. The maximum Gasteiger partial charge on any atom is 0.416 e. The van der Waals surface area contributed by atoms with Gasteiger partial charge in [0.15, 0.2) is 0 Å². The monoisotopic (exact) mass is 282 g/mol. The standard InChI is InChI=1S/C14H13F3N2O/c15-14(16,17)10-4-1-3-9(7-10)11-8-19-6-2-5-12(20)13(19)18-11/h1,3-4,7-8,12,20H,2,5-6H2. The van der Waals surface area contributed by atoms with Crippen LogP contribution in [0.5, 0.6) is 0 Å². The number of imidazole rings is 1. The molecule has 1 aliphatic rings. The minimum Gasteiger partial charge on any atom is -0.385 e. The third-order valence-corrected chi connectivity index (χ3v) is 3.47. The lowest BCUT2D eigenvalue weighted by molar-refractivity contribution is -0.137. The van der Waals surface area contributed by atoms with Gasteiger partial charge in [0.05, 0.1) is 11.3 Å². The lowest BCUT2D eigenvalue weighted by Gasteiger charge is -2.18. The molecule has 106 valence electrons. The Morgan fingerprint density at radius 2 is 2.10 bits per heavy atom. The minimum absolute atomic E-state index is 0.411. The van der Waals surface area contributed by atoms with Gasteiger partial charge in [0.2, 0.25) is 0 Å². The van der Waals surface area contributed by atoms with Crippen LogP contribution in [-0.4, -0.2) is 14.7 Å². The molecule has 3 rings (SSSR count). The highest BCUT2D eigenvalue weighted by atomic mass is 19.4. The fourth-order valence-corrected chi connectivity index (χ4v) is 2.45. The molecule has 1 unspecified atom stereocenters. The van der Waals surface area contributed by atoms with Gasteiger partial charge < -0.3 is 9.67 Å². The van der Waals surface area contributed by atoms with Crippen molar-refractivity contribution in [2.45, 2.75) is 31.7 Å². The van der Waals surface area contributed by atoms with Crippen molar-refractivity contribution in [3.63, 3.8) is 0 Å². The maximum absolute atomic E-state index is 12.7. The number of aliphatic hydroxyl groups excluding tert-OH is 1. The number of aromatic nitrogens is 2. The third-order valence-electron chi connectivity index (χ3n) is 3.47. The predicted octanol–water partition coefficient (Wildman–Crippen LogP) is 3.40. The van der Waals surface area contributed by atoms with Crippen LogP contribution in [0, 0.1) is 0 Å². The Labute approximate surface area is 113 Å². The second-order valence-corrected chi connectivity index (χ2v) is 4.91. The Hall–Kier alpha value is -1.82. The summed E-state index contributed by atoms with van der Waals surface area (Å²) in [5.41, 5.74) is 0.183. The van der Waals surface area contributed by atoms with Crippen LogP contribution in [0.2, 0.25) is 0 Å². The number of aryl methyl sites for hydroxylation is 1. The van der Waals surface area contributed by atoms with Gasteiger partial charge in [-0.1, -0.05) is 12.1 Å². The molecule has 2 heterocycles. The fourth-order valence-electron chi connectivity index (χ4n) is 2.45. The zero-order chi connectivity index (χ0) is 14.3. The summed E-state index contributed by atoms with van der Waals surface area (Å²) < 4.78 is 39.9. The molecule has 6 heteroatoms. The van der Waals surface area contributed by atoms with E-state index < -0.39 is 17.8 Å². The van der Waals surface area contributed by atoms with Crippen LogP contribution in [0.3, 0.4) is 0 Å². The Kier molecular flexibility index (Phi) is 3.05. The highest BCUT2D eigenvalue weighted by Gasteiger charge is 2.30. The van der Waals surface area contributed by atoms with E-state index in [1.165, 1.54) is 6.07 Å². The van der Waals surface area contributed by atoms with E-state index in [4.69, 9.17) is 0 Å². The number of rotatable bonds is 1. The van der Waals surface area contributed by atoms with Crippen molar-refractivity contribution in [2.75, 3.05) is 0 Å². The molecule has 1 atom stereocenters. The van der Waals surface area contributed by atoms with Crippen molar-refractivity contribution in [2.24, 2.45) is 0 Å². The normalized spacial score (nSPS) is 18.9. The van der Waals surface area contributed by atoms with Gasteiger partial charge >= 0.3 is 6.18 Å². The number of nitrogens with zero attached hydrogens (tertiary/aromatic N) is 2. The van der Waals surface area contributed by atoms with Gasteiger partial charge in [-0.15, -0.1) is 0 Å². The van der Waals surface area contributed by atoms with Gasteiger partial charge in [-0.2, -0.15) is 13.2 Å².